The minimum atomic E-state index is -1.25. The monoisotopic (exact) mass is 300 g/mol. The summed E-state index contributed by atoms with van der Waals surface area (Å²) in [7, 11) is -1.25. The molecule has 0 radical (unpaired) electrons. The molecule has 0 aromatic rings. The van der Waals surface area contributed by atoms with Crippen molar-refractivity contribution in [3.05, 3.63) is 29.1 Å². The molecular weight excluding hydrogens is 267 g/mol. The number of allylic oxidation sites excluding steroid dienone is 2. The molecule has 2 aliphatic heterocycles. The van der Waals surface area contributed by atoms with Crippen molar-refractivity contribution in [2.45, 2.75) is 89.6 Å². The van der Waals surface area contributed by atoms with Gasteiger partial charge < -0.3 is 0 Å². The lowest BCUT2D eigenvalue weighted by molar-refractivity contribution is 0.446. The number of rotatable bonds is 5. The van der Waals surface area contributed by atoms with Crippen molar-refractivity contribution in [1.29, 1.82) is 0 Å². The highest BCUT2D eigenvalue weighted by Crippen LogP contribution is 2.48. The summed E-state index contributed by atoms with van der Waals surface area (Å²) < 4.78 is 0. The topological polar surface area (TPSA) is 0 Å². The van der Waals surface area contributed by atoms with Gasteiger partial charge in [-0.3, -0.25) is 0 Å². The van der Waals surface area contributed by atoms with Gasteiger partial charge in [0.25, 0.3) is 0 Å². The molecule has 0 N–H and O–H groups in total. The molecule has 0 spiro atoms. The van der Waals surface area contributed by atoms with Crippen LogP contribution in [0, 0.1) is 0 Å². The Hall–Kier alpha value is -0.458. The average Bonchev–Trinajstić information content (AvgIpc) is 2.41. The molecule has 2 rings (SSSR count). The van der Waals surface area contributed by atoms with E-state index in [-0.39, 0.29) is 0 Å². The lowest BCUT2D eigenvalue weighted by Gasteiger charge is -2.40. The Kier molecular flexibility index (Phi) is 5.80. The molecule has 2 saturated heterocycles. The van der Waals surface area contributed by atoms with Gasteiger partial charge in [-0.1, -0.05) is 81.3 Å². The number of hydrogen-bond acceptors (Lipinski definition) is 0. The van der Waals surface area contributed by atoms with Gasteiger partial charge in [0.15, 0.2) is 6.71 Å². The van der Waals surface area contributed by atoms with Gasteiger partial charge in [0.1, 0.15) is 0 Å². The normalized spacial score (nSPS) is 25.2. The molecule has 21 heavy (non-hydrogen) atoms. The van der Waals surface area contributed by atoms with E-state index < -0.39 is 8.07 Å². The zero-order valence-electron chi connectivity index (χ0n) is 14.7. The Morgan fingerprint density at radius 3 is 2.10 bits per heavy atom. The minimum Gasteiger partial charge on any atom is -0.137 e. The fraction of sp³-hybridized carbons (Fsp3) is 0.737. The van der Waals surface area contributed by atoms with Gasteiger partial charge in [0, 0.05) is 0 Å². The molecule has 0 nitrogen and oxygen atoms in total. The zero-order valence-corrected chi connectivity index (χ0v) is 15.7. The first-order valence-corrected chi connectivity index (χ1v) is 12.5. The zero-order chi connectivity index (χ0) is 15.5. The van der Waals surface area contributed by atoms with E-state index in [1.165, 1.54) is 44.9 Å². The summed E-state index contributed by atoms with van der Waals surface area (Å²) in [5, 5.41) is 1.63. The molecule has 0 aromatic heterocycles. The predicted molar refractivity (Wildman–Crippen MR) is 99.9 cm³/mol. The Morgan fingerprint density at radius 2 is 1.67 bits per heavy atom. The van der Waals surface area contributed by atoms with Crippen molar-refractivity contribution in [3.8, 4) is 0 Å². The Morgan fingerprint density at radius 1 is 1.14 bits per heavy atom. The minimum absolute atomic E-state index is 0.850. The number of hydrogen-bond donors (Lipinski definition) is 0. The van der Waals surface area contributed by atoms with Crippen molar-refractivity contribution >= 4 is 14.8 Å². The van der Waals surface area contributed by atoms with Crippen LogP contribution in [0.5, 0.6) is 0 Å². The Labute approximate surface area is 133 Å². The predicted octanol–water partition coefficient (Wildman–Crippen LogP) is 6.44. The lowest BCUT2D eigenvalue weighted by atomic mass is 9.24. The van der Waals surface area contributed by atoms with E-state index in [9.17, 15) is 0 Å². The highest BCUT2D eigenvalue weighted by Gasteiger charge is 2.40. The summed E-state index contributed by atoms with van der Waals surface area (Å²) in [5.74, 6) is 1.93. The van der Waals surface area contributed by atoms with E-state index >= 15 is 0 Å². The first-order valence-electron chi connectivity index (χ1n) is 9.01. The van der Waals surface area contributed by atoms with Gasteiger partial charge in [-0.2, -0.15) is 0 Å². The van der Waals surface area contributed by atoms with E-state index in [4.69, 9.17) is 0 Å². The Balaban J connectivity index is 2.30. The van der Waals surface area contributed by atoms with Crippen molar-refractivity contribution in [2.75, 3.05) is 0 Å². The second kappa shape index (κ2) is 7.20. The van der Waals surface area contributed by atoms with Crippen LogP contribution in [0.2, 0.25) is 31.3 Å². The summed E-state index contributed by atoms with van der Waals surface area (Å²) in [4.78, 5) is 0. The van der Waals surface area contributed by atoms with Crippen LogP contribution >= 0.6 is 0 Å². The summed E-state index contributed by atoms with van der Waals surface area (Å²) in [5.41, 5.74) is 5.53. The summed E-state index contributed by atoms with van der Waals surface area (Å²) >= 11 is 0. The fourth-order valence-corrected chi connectivity index (χ4v) is 6.04. The first-order chi connectivity index (χ1) is 9.93. The molecule has 0 aliphatic carbocycles. The van der Waals surface area contributed by atoms with Crippen LogP contribution in [-0.4, -0.2) is 14.8 Å². The standard InChI is InChI=1S/C19H33BSi/c1-6-7-14-19(21(3,4)5)15-16(2)20-17-10-8-11-18(20)13-9-12-17/h6,17-18H,1,7-14H2,2-5H3. The third-order valence-electron chi connectivity index (χ3n) is 5.67. The van der Waals surface area contributed by atoms with E-state index in [0.29, 0.717) is 0 Å². The van der Waals surface area contributed by atoms with Crippen LogP contribution in [0.25, 0.3) is 0 Å². The maximum atomic E-state index is 3.94. The molecule has 2 heteroatoms. The smallest absolute Gasteiger partial charge is 0.137 e. The van der Waals surface area contributed by atoms with Gasteiger partial charge in [-0.15, -0.1) is 12.3 Å². The van der Waals surface area contributed by atoms with E-state index in [0.717, 1.165) is 24.8 Å². The molecule has 0 amide bonds. The molecule has 2 fully saturated rings. The largest absolute Gasteiger partial charge is 0.186 e. The molecule has 2 heterocycles. The highest BCUT2D eigenvalue weighted by atomic mass is 28.3. The van der Waals surface area contributed by atoms with E-state index in [2.05, 4.69) is 45.0 Å². The summed E-state index contributed by atoms with van der Waals surface area (Å²) in [6.07, 6.45) is 13.2. The molecule has 116 valence electrons. The van der Waals surface area contributed by atoms with E-state index in [1.807, 2.05) is 0 Å². The molecule has 0 saturated carbocycles. The second-order valence-corrected chi connectivity index (χ2v) is 13.4. The van der Waals surface area contributed by atoms with Gasteiger partial charge in [0.05, 0.1) is 8.07 Å². The average molecular weight is 300 g/mol. The summed E-state index contributed by atoms with van der Waals surface area (Å²) in [6.45, 7) is 14.5. The summed E-state index contributed by atoms with van der Waals surface area (Å²) in [6, 6.07) is 0. The van der Waals surface area contributed by atoms with Gasteiger partial charge in [0.2, 0.25) is 0 Å². The van der Waals surface area contributed by atoms with Crippen molar-refractivity contribution < 1.29 is 0 Å². The molecule has 0 atom stereocenters. The van der Waals surface area contributed by atoms with Crippen LogP contribution in [0.3, 0.4) is 0 Å². The maximum Gasteiger partial charge on any atom is 0.186 e. The van der Waals surface area contributed by atoms with Gasteiger partial charge in [-0.05, 0) is 25.0 Å². The SMILES string of the molecule is C=CCCC(=C=C(C)B1C2CCCC1CCC2)[Si](C)(C)C. The molecule has 2 aliphatic rings. The van der Waals surface area contributed by atoms with Crippen molar-refractivity contribution in [2.24, 2.45) is 0 Å². The maximum absolute atomic E-state index is 3.94. The van der Waals surface area contributed by atoms with Crippen LogP contribution in [0.1, 0.15) is 58.3 Å². The highest BCUT2D eigenvalue weighted by molar-refractivity contribution is 6.83. The van der Waals surface area contributed by atoms with Crippen LogP contribution in [0.15, 0.2) is 29.1 Å². The Bertz CT molecular complexity index is 415. The lowest BCUT2D eigenvalue weighted by Crippen LogP contribution is -2.36. The third-order valence-corrected chi connectivity index (χ3v) is 7.85. The molecular formula is C19H33BSi. The molecule has 0 aromatic carbocycles. The van der Waals surface area contributed by atoms with Crippen LogP contribution < -0.4 is 0 Å². The van der Waals surface area contributed by atoms with Gasteiger partial charge >= 0.3 is 0 Å². The third kappa shape index (κ3) is 4.27. The van der Waals surface area contributed by atoms with Crippen LogP contribution in [0.4, 0.5) is 0 Å². The quantitative estimate of drug-likeness (QED) is 0.311. The second-order valence-electron chi connectivity index (χ2n) is 8.27. The van der Waals surface area contributed by atoms with Crippen molar-refractivity contribution in [3.63, 3.8) is 0 Å². The van der Waals surface area contributed by atoms with Gasteiger partial charge in [-0.25, -0.2) is 0 Å². The van der Waals surface area contributed by atoms with Crippen LogP contribution in [-0.2, 0) is 0 Å². The van der Waals surface area contributed by atoms with E-state index in [1.54, 1.807) is 10.7 Å². The number of fused-ring (bicyclic) bond motifs is 2. The molecule has 2 bridgehead atoms. The first kappa shape index (κ1) is 16.9. The molecule has 0 unspecified atom stereocenters. The fourth-order valence-electron chi connectivity index (χ4n) is 4.58. The van der Waals surface area contributed by atoms with Crippen molar-refractivity contribution in [1.82, 2.24) is 0 Å².